The zero-order chi connectivity index (χ0) is 16.7. The van der Waals surface area contributed by atoms with Crippen LogP contribution in [0, 0.1) is 13.8 Å². The van der Waals surface area contributed by atoms with Crippen molar-refractivity contribution in [2.75, 3.05) is 12.4 Å². The molecule has 0 fully saturated rings. The van der Waals surface area contributed by atoms with E-state index in [1.807, 2.05) is 6.07 Å². The molecular formula is C20H20N2OS. The van der Waals surface area contributed by atoms with Crippen LogP contribution in [0.3, 0.4) is 0 Å². The van der Waals surface area contributed by atoms with E-state index in [1.165, 1.54) is 21.6 Å². The molecule has 1 aliphatic rings. The van der Waals surface area contributed by atoms with Gasteiger partial charge in [-0.15, -0.1) is 11.3 Å². The van der Waals surface area contributed by atoms with Crippen LogP contribution in [0.2, 0.25) is 0 Å². The summed E-state index contributed by atoms with van der Waals surface area (Å²) >= 11 is 1.76. The minimum atomic E-state index is 0.964. The summed E-state index contributed by atoms with van der Waals surface area (Å²) in [5, 5.41) is 4.45. The van der Waals surface area contributed by atoms with E-state index in [1.54, 1.807) is 18.4 Å². The molecule has 24 heavy (non-hydrogen) atoms. The normalized spacial score (nSPS) is 12.5. The summed E-state index contributed by atoms with van der Waals surface area (Å²) in [5.41, 5.74) is 7.22. The number of ether oxygens (including phenoxy) is 1. The Balaban J connectivity index is 1.73. The van der Waals surface area contributed by atoms with Crippen molar-refractivity contribution in [3.8, 4) is 17.0 Å². The third kappa shape index (κ3) is 2.57. The number of para-hydroxylation sites is 1. The van der Waals surface area contributed by atoms with Crippen LogP contribution in [0.15, 0.2) is 36.4 Å². The van der Waals surface area contributed by atoms with Gasteiger partial charge in [0.2, 0.25) is 0 Å². The van der Waals surface area contributed by atoms with Gasteiger partial charge in [-0.1, -0.05) is 18.2 Å². The molecule has 1 heterocycles. The van der Waals surface area contributed by atoms with Crippen LogP contribution in [-0.4, -0.2) is 12.1 Å². The van der Waals surface area contributed by atoms with Crippen LogP contribution < -0.4 is 10.1 Å². The molecule has 4 rings (SSSR count). The molecule has 1 aromatic heterocycles. The van der Waals surface area contributed by atoms with Crippen molar-refractivity contribution in [3.63, 3.8) is 0 Å². The minimum Gasteiger partial charge on any atom is -0.496 e. The highest BCUT2D eigenvalue weighted by atomic mass is 32.1. The van der Waals surface area contributed by atoms with Gasteiger partial charge in [-0.2, -0.15) is 0 Å². The van der Waals surface area contributed by atoms with Gasteiger partial charge >= 0.3 is 0 Å². The Morgan fingerprint density at radius 2 is 1.92 bits per heavy atom. The number of fused-ring (bicyclic) bond motifs is 3. The van der Waals surface area contributed by atoms with Gasteiger partial charge in [-0.3, -0.25) is 0 Å². The van der Waals surface area contributed by atoms with Gasteiger partial charge in [0.1, 0.15) is 5.75 Å². The lowest BCUT2D eigenvalue weighted by Gasteiger charge is -2.17. The zero-order valence-electron chi connectivity index (χ0n) is 14.1. The second-order valence-electron chi connectivity index (χ2n) is 6.21. The Morgan fingerprint density at radius 3 is 2.71 bits per heavy atom. The largest absolute Gasteiger partial charge is 0.496 e. The molecule has 0 bridgehead atoms. The smallest absolute Gasteiger partial charge is 0.187 e. The van der Waals surface area contributed by atoms with Crippen molar-refractivity contribution in [3.05, 3.63) is 58.0 Å². The van der Waals surface area contributed by atoms with E-state index in [2.05, 4.69) is 49.5 Å². The van der Waals surface area contributed by atoms with Gasteiger partial charge in [0.15, 0.2) is 5.13 Å². The number of nitrogens with zero attached hydrogens (tertiary/aromatic N) is 1. The van der Waals surface area contributed by atoms with Gasteiger partial charge < -0.3 is 10.1 Å². The highest BCUT2D eigenvalue weighted by Crippen LogP contribution is 2.41. The molecule has 1 N–H and O–H groups in total. The number of hydrogen-bond donors (Lipinski definition) is 1. The lowest BCUT2D eigenvalue weighted by Crippen LogP contribution is -2.03. The molecule has 0 saturated heterocycles. The van der Waals surface area contributed by atoms with E-state index in [4.69, 9.17) is 9.72 Å². The molecule has 0 radical (unpaired) electrons. The monoisotopic (exact) mass is 336 g/mol. The number of anilines is 2. The molecule has 3 aromatic rings. The third-order valence-corrected chi connectivity index (χ3v) is 5.61. The molecule has 0 atom stereocenters. The van der Waals surface area contributed by atoms with Gasteiger partial charge in [-0.05, 0) is 61.6 Å². The molecule has 2 aromatic carbocycles. The fourth-order valence-corrected chi connectivity index (χ4v) is 4.23. The first-order valence-corrected chi connectivity index (χ1v) is 8.97. The van der Waals surface area contributed by atoms with E-state index >= 15 is 0 Å². The predicted octanol–water partition coefficient (Wildman–Crippen LogP) is 5.28. The molecule has 0 unspecified atom stereocenters. The zero-order valence-corrected chi connectivity index (χ0v) is 15.0. The van der Waals surface area contributed by atoms with E-state index < -0.39 is 0 Å². The van der Waals surface area contributed by atoms with Gasteiger partial charge in [0, 0.05) is 16.1 Å². The summed E-state index contributed by atoms with van der Waals surface area (Å²) in [6.07, 6.45) is 2.09. The van der Waals surface area contributed by atoms with Crippen LogP contribution in [0.4, 0.5) is 10.8 Å². The van der Waals surface area contributed by atoms with Crippen LogP contribution in [0.25, 0.3) is 11.3 Å². The Kier molecular flexibility index (Phi) is 3.77. The number of methoxy groups -OCH3 is 1. The highest BCUT2D eigenvalue weighted by Gasteiger charge is 2.22. The number of hydrogen-bond acceptors (Lipinski definition) is 4. The lowest BCUT2D eigenvalue weighted by molar-refractivity contribution is 0.411. The first-order valence-electron chi connectivity index (χ1n) is 8.16. The summed E-state index contributed by atoms with van der Waals surface area (Å²) in [6, 6.07) is 12.7. The predicted molar refractivity (Wildman–Crippen MR) is 101 cm³/mol. The van der Waals surface area contributed by atoms with E-state index in [0.29, 0.717) is 0 Å². The van der Waals surface area contributed by atoms with Gasteiger partial charge in [-0.25, -0.2) is 4.98 Å². The maximum Gasteiger partial charge on any atom is 0.187 e. The molecule has 0 aliphatic heterocycles. The molecule has 0 amide bonds. The first kappa shape index (κ1) is 15.2. The molecule has 0 spiro atoms. The Morgan fingerprint density at radius 1 is 1.08 bits per heavy atom. The summed E-state index contributed by atoms with van der Waals surface area (Å²) in [7, 11) is 1.73. The Hall–Kier alpha value is -2.33. The van der Waals surface area contributed by atoms with Crippen molar-refractivity contribution < 1.29 is 4.74 Å². The topological polar surface area (TPSA) is 34.1 Å². The first-order chi connectivity index (χ1) is 11.7. The standard InChI is InChI=1S/C20H20N2OS/c1-12-6-4-5-7-16(12)21-20-22-19-15-10-13(2)17(23-3)11-14(15)8-9-18(19)24-20/h4-7,10-11H,8-9H2,1-3H3,(H,21,22). The van der Waals surface area contributed by atoms with Crippen molar-refractivity contribution in [1.82, 2.24) is 4.98 Å². The number of thiazole rings is 1. The second kappa shape index (κ2) is 5.95. The molecule has 1 aliphatic carbocycles. The summed E-state index contributed by atoms with van der Waals surface area (Å²) < 4.78 is 5.47. The van der Waals surface area contributed by atoms with Crippen LogP contribution in [-0.2, 0) is 12.8 Å². The fraction of sp³-hybridized carbons (Fsp3) is 0.250. The molecule has 122 valence electrons. The van der Waals surface area contributed by atoms with E-state index in [9.17, 15) is 0 Å². The molecule has 3 nitrogen and oxygen atoms in total. The second-order valence-corrected chi connectivity index (χ2v) is 7.29. The minimum absolute atomic E-state index is 0.964. The average molecular weight is 336 g/mol. The lowest BCUT2D eigenvalue weighted by atomic mass is 9.91. The quantitative estimate of drug-likeness (QED) is 0.707. The van der Waals surface area contributed by atoms with Crippen LogP contribution in [0.1, 0.15) is 21.6 Å². The van der Waals surface area contributed by atoms with E-state index in [0.717, 1.165) is 40.7 Å². The van der Waals surface area contributed by atoms with E-state index in [-0.39, 0.29) is 0 Å². The number of rotatable bonds is 3. The average Bonchev–Trinajstić information content (AvgIpc) is 2.99. The third-order valence-electron chi connectivity index (χ3n) is 4.58. The van der Waals surface area contributed by atoms with Crippen molar-refractivity contribution in [2.24, 2.45) is 0 Å². The molecular weight excluding hydrogens is 316 g/mol. The van der Waals surface area contributed by atoms with Gasteiger partial charge in [0.25, 0.3) is 0 Å². The number of aryl methyl sites for hydroxylation is 4. The Bertz CT molecular complexity index is 914. The van der Waals surface area contributed by atoms with Crippen LogP contribution >= 0.6 is 11.3 Å². The number of aromatic nitrogens is 1. The van der Waals surface area contributed by atoms with Crippen LogP contribution in [0.5, 0.6) is 5.75 Å². The molecule has 0 saturated carbocycles. The summed E-state index contributed by atoms with van der Waals surface area (Å²) in [6.45, 7) is 4.20. The summed E-state index contributed by atoms with van der Waals surface area (Å²) in [5.74, 6) is 0.964. The SMILES string of the molecule is COc1cc2c(cc1C)-c1nc(Nc3ccccc3C)sc1CC2. The maximum absolute atomic E-state index is 5.47. The van der Waals surface area contributed by atoms with Crippen molar-refractivity contribution in [2.45, 2.75) is 26.7 Å². The fourth-order valence-electron chi connectivity index (χ4n) is 3.24. The highest BCUT2D eigenvalue weighted by molar-refractivity contribution is 7.16. The number of benzene rings is 2. The maximum atomic E-state index is 5.47. The van der Waals surface area contributed by atoms with Crippen molar-refractivity contribution in [1.29, 1.82) is 0 Å². The molecule has 4 heteroatoms. The summed E-state index contributed by atoms with van der Waals surface area (Å²) in [4.78, 5) is 6.26. The van der Waals surface area contributed by atoms with Gasteiger partial charge in [0.05, 0.1) is 12.8 Å². The Labute approximate surface area is 146 Å². The van der Waals surface area contributed by atoms with Crippen molar-refractivity contribution >= 4 is 22.2 Å². The number of nitrogens with one attached hydrogen (secondary N) is 1.